The Bertz CT molecular complexity index is 1280. The largest absolute Gasteiger partial charge is 0.593 e. The second kappa shape index (κ2) is 16.0. The van der Waals surface area contributed by atoms with Crippen LogP contribution in [0.25, 0.3) is 0 Å². The molecule has 0 bridgehead atoms. The molecular weight excluding hydrogens is 582 g/mol. The van der Waals surface area contributed by atoms with Crippen LogP contribution in [0.4, 0.5) is 10.5 Å². The first kappa shape index (κ1) is 34.2. The first-order valence-corrected chi connectivity index (χ1v) is 15.6. The molecule has 1 fully saturated rings. The molecule has 3 unspecified atom stereocenters. The third-order valence-electron chi connectivity index (χ3n) is 7.07. The van der Waals surface area contributed by atoms with E-state index in [0.29, 0.717) is 30.9 Å². The molecule has 4 N–H and O–H groups in total. The van der Waals surface area contributed by atoms with Crippen LogP contribution in [0.5, 0.6) is 5.75 Å². The molecule has 13 nitrogen and oxygen atoms in total. The number of nitro groups is 1. The van der Waals surface area contributed by atoms with Gasteiger partial charge in [-0.1, -0.05) is 13.8 Å². The molecule has 43 heavy (non-hydrogen) atoms. The van der Waals surface area contributed by atoms with E-state index in [4.69, 9.17) is 19.3 Å². The van der Waals surface area contributed by atoms with Crippen molar-refractivity contribution in [1.82, 2.24) is 9.62 Å². The molecule has 2 aromatic carbocycles. The Morgan fingerprint density at radius 1 is 1.19 bits per heavy atom. The van der Waals surface area contributed by atoms with Crippen LogP contribution in [0.2, 0.25) is 0 Å². The number of methoxy groups -OCH3 is 1. The van der Waals surface area contributed by atoms with Crippen molar-refractivity contribution in [3.05, 3.63) is 64.2 Å². The number of amides is 1. The van der Waals surface area contributed by atoms with Crippen LogP contribution in [-0.2, 0) is 30.7 Å². The highest BCUT2D eigenvalue weighted by Crippen LogP contribution is 2.23. The van der Waals surface area contributed by atoms with Gasteiger partial charge in [0.1, 0.15) is 6.10 Å². The van der Waals surface area contributed by atoms with Crippen LogP contribution in [0, 0.1) is 22.0 Å². The number of sulfonamides is 1. The highest BCUT2D eigenvalue weighted by molar-refractivity contribution is 7.89. The fourth-order valence-corrected chi connectivity index (χ4v) is 6.52. The monoisotopic (exact) mass is 624 g/mol. The van der Waals surface area contributed by atoms with E-state index < -0.39 is 39.3 Å². The van der Waals surface area contributed by atoms with Crippen LogP contribution < -0.4 is 5.32 Å². The lowest BCUT2D eigenvalue weighted by Gasteiger charge is -2.31. The maximum absolute atomic E-state index is 13.6. The highest BCUT2D eigenvalue weighted by Gasteiger charge is 2.32. The summed E-state index contributed by atoms with van der Waals surface area (Å²) in [5.74, 6) is 0.408. The van der Waals surface area contributed by atoms with E-state index in [1.807, 2.05) is 13.8 Å². The number of ether oxygens (including phenoxy) is 3. The van der Waals surface area contributed by atoms with Crippen molar-refractivity contribution in [3.8, 4) is 5.75 Å². The maximum atomic E-state index is 13.6. The van der Waals surface area contributed by atoms with E-state index in [-0.39, 0.29) is 48.5 Å². The molecule has 0 aliphatic carbocycles. The Labute approximate surface area is 252 Å². The molecule has 14 heteroatoms. The van der Waals surface area contributed by atoms with Crippen molar-refractivity contribution in [2.75, 3.05) is 40.0 Å². The number of nitrogens with one attached hydrogen (secondary N) is 1. The average Bonchev–Trinajstić information content (AvgIpc) is 3.46. The number of non-ortho nitro benzene ring substituents is 1. The van der Waals surface area contributed by atoms with Gasteiger partial charge in [-0.25, -0.2) is 13.2 Å². The first-order chi connectivity index (χ1) is 20.4. The zero-order valence-electron chi connectivity index (χ0n) is 24.7. The molecule has 0 saturated carbocycles. The van der Waals surface area contributed by atoms with E-state index in [2.05, 4.69) is 5.32 Å². The van der Waals surface area contributed by atoms with Gasteiger partial charge in [-0.2, -0.15) is 4.31 Å². The van der Waals surface area contributed by atoms with Crippen LogP contribution >= 0.6 is 0 Å². The van der Waals surface area contributed by atoms with Crippen LogP contribution in [-0.4, -0.2) is 92.2 Å². The number of carbonyl (C=O) groups excluding carboxylic acids is 1. The molecule has 1 aliphatic heterocycles. The summed E-state index contributed by atoms with van der Waals surface area (Å²) in [5.41, 5.74) is 0.466. The SMILES string of the molecule is COC[C@H](CC1CCOC1)OC(=O)NC(Cc1ccc([OH2+])cc1)C(O)CN(CC(C)C)S(=O)(=O)c1ccc([N+](=O)[O-])cc1. The summed E-state index contributed by atoms with van der Waals surface area (Å²) < 4.78 is 44.6. The molecule has 2 aromatic rings. The molecule has 1 aliphatic rings. The summed E-state index contributed by atoms with van der Waals surface area (Å²) in [6.45, 7) is 4.75. The Hall–Kier alpha value is -3.30. The summed E-state index contributed by atoms with van der Waals surface area (Å²) in [6, 6.07) is 10.2. The second-order valence-corrected chi connectivity index (χ2v) is 13.1. The normalized spacial score (nSPS) is 17.5. The van der Waals surface area contributed by atoms with Gasteiger partial charge >= 0.3 is 6.09 Å². The highest BCUT2D eigenvalue weighted by atomic mass is 32.2. The standard InChI is InChI=1S/C29H41N3O10S/c1-20(2)16-31(43(38,39)26-10-6-23(7-11-26)32(36)37)17-28(34)27(15-21-4-8-24(33)9-5-21)30-29(35)42-25(19-40-3)14-22-12-13-41-18-22/h4-11,20,22,25,27-28,33-34H,12-19H2,1-3H3,(H,30,35)/p+1/t22?,25-,27?,28?/m0/s1. The predicted octanol–water partition coefficient (Wildman–Crippen LogP) is 2.82. The Balaban J connectivity index is 1.82. The number of nitrogens with zero attached hydrogens (tertiary/aromatic N) is 2. The Morgan fingerprint density at radius 3 is 2.42 bits per heavy atom. The van der Waals surface area contributed by atoms with E-state index in [1.54, 1.807) is 24.3 Å². The van der Waals surface area contributed by atoms with Crippen LogP contribution in [0.3, 0.4) is 0 Å². The molecule has 1 amide bonds. The molecule has 3 rings (SSSR count). The van der Waals surface area contributed by atoms with E-state index in [0.717, 1.165) is 35.0 Å². The molecule has 0 spiro atoms. The quantitative estimate of drug-likeness (QED) is 0.161. The number of nitro benzene ring substituents is 1. The zero-order valence-corrected chi connectivity index (χ0v) is 25.5. The molecule has 4 atom stereocenters. The van der Waals surface area contributed by atoms with Crippen molar-refractivity contribution in [1.29, 1.82) is 0 Å². The van der Waals surface area contributed by atoms with Crippen molar-refractivity contribution < 1.29 is 42.6 Å². The zero-order chi connectivity index (χ0) is 31.6. The Morgan fingerprint density at radius 2 is 1.86 bits per heavy atom. The van der Waals surface area contributed by atoms with Crippen molar-refractivity contribution >= 4 is 21.8 Å². The summed E-state index contributed by atoms with van der Waals surface area (Å²) in [5, 5.41) is 32.9. The fourth-order valence-electron chi connectivity index (χ4n) is 4.89. The van der Waals surface area contributed by atoms with Gasteiger partial charge in [0.25, 0.3) is 11.4 Å². The van der Waals surface area contributed by atoms with E-state index in [9.17, 15) is 28.4 Å². The van der Waals surface area contributed by atoms with Crippen LogP contribution in [0.15, 0.2) is 53.4 Å². The lowest BCUT2D eigenvalue weighted by molar-refractivity contribution is -0.384. The molecule has 1 heterocycles. The number of hydrogen-bond acceptors (Lipinski definition) is 9. The van der Waals surface area contributed by atoms with Gasteiger partial charge in [0.05, 0.1) is 28.6 Å². The molecular formula is C29H42N3O10S+. The number of carbonyl (C=O) groups is 1. The van der Waals surface area contributed by atoms with Gasteiger partial charge in [0, 0.05) is 57.7 Å². The van der Waals surface area contributed by atoms with Crippen molar-refractivity contribution in [3.63, 3.8) is 0 Å². The minimum Gasteiger partial charge on any atom is -0.593 e. The number of aliphatic hydroxyl groups excluding tert-OH is 1. The summed E-state index contributed by atoms with van der Waals surface area (Å²) in [4.78, 5) is 23.4. The third-order valence-corrected chi connectivity index (χ3v) is 8.91. The summed E-state index contributed by atoms with van der Waals surface area (Å²) in [6.07, 6.45) is -1.15. The summed E-state index contributed by atoms with van der Waals surface area (Å²) >= 11 is 0. The van der Waals surface area contributed by atoms with Crippen molar-refractivity contribution in [2.45, 2.75) is 56.3 Å². The van der Waals surface area contributed by atoms with E-state index >= 15 is 0 Å². The van der Waals surface area contributed by atoms with Gasteiger partial charge in [0.15, 0.2) is 0 Å². The molecule has 1 saturated heterocycles. The van der Waals surface area contributed by atoms with Gasteiger partial charge in [-0.15, -0.1) is 0 Å². The molecule has 0 aromatic heterocycles. The third kappa shape index (κ3) is 10.4. The number of hydrogen-bond donors (Lipinski definition) is 2. The lowest BCUT2D eigenvalue weighted by atomic mass is 10.0. The number of aliphatic hydroxyl groups is 1. The molecule has 0 radical (unpaired) electrons. The number of alkyl carbamates (subject to hydrolysis) is 1. The van der Waals surface area contributed by atoms with E-state index in [1.165, 1.54) is 7.11 Å². The van der Waals surface area contributed by atoms with Gasteiger partial charge in [-0.3, -0.25) is 10.1 Å². The number of benzene rings is 2. The topological polar surface area (TPSA) is 180 Å². The van der Waals surface area contributed by atoms with Gasteiger partial charge < -0.3 is 29.7 Å². The minimum atomic E-state index is -4.16. The fraction of sp³-hybridized carbons (Fsp3) is 0.552. The van der Waals surface area contributed by atoms with Crippen LogP contribution in [0.1, 0.15) is 32.3 Å². The van der Waals surface area contributed by atoms with Gasteiger partial charge in [-0.05, 0) is 60.9 Å². The first-order valence-electron chi connectivity index (χ1n) is 14.2. The summed E-state index contributed by atoms with van der Waals surface area (Å²) in [7, 11) is -2.65. The van der Waals surface area contributed by atoms with Crippen molar-refractivity contribution in [2.24, 2.45) is 11.8 Å². The maximum Gasteiger partial charge on any atom is 0.407 e. The minimum absolute atomic E-state index is 0.0560. The average molecular weight is 625 g/mol. The predicted molar refractivity (Wildman–Crippen MR) is 159 cm³/mol. The lowest BCUT2D eigenvalue weighted by Crippen LogP contribution is -2.51. The smallest absolute Gasteiger partial charge is 0.407 e. The number of rotatable bonds is 16. The second-order valence-electron chi connectivity index (χ2n) is 11.1. The Kier molecular flexibility index (Phi) is 12.7. The van der Waals surface area contributed by atoms with Gasteiger partial charge in [0.2, 0.25) is 10.0 Å². The molecule has 238 valence electrons.